The zero-order chi connectivity index (χ0) is 18.9. The topological polar surface area (TPSA) is 71.0 Å². The lowest BCUT2D eigenvalue weighted by Gasteiger charge is -2.21. The molecule has 2 aromatic carbocycles. The van der Waals surface area contributed by atoms with Gasteiger partial charge >= 0.3 is 6.03 Å². The molecule has 6 nitrogen and oxygen atoms in total. The molecule has 3 rings (SSSR count). The first-order chi connectivity index (χ1) is 12.4. The molecule has 1 N–H and O–H groups in total. The van der Waals surface area contributed by atoms with E-state index >= 15 is 0 Å². The lowest BCUT2D eigenvalue weighted by molar-refractivity contribution is -0.131. The highest BCUT2D eigenvalue weighted by Gasteiger charge is 2.49. The van der Waals surface area contributed by atoms with Gasteiger partial charge in [0.25, 0.3) is 5.91 Å². The van der Waals surface area contributed by atoms with Crippen molar-refractivity contribution in [2.24, 2.45) is 5.10 Å². The number of hydrogen-bond acceptors (Lipinski definition) is 4. The fourth-order valence-corrected chi connectivity index (χ4v) is 3.09. The number of nitrogens with one attached hydrogen (secondary N) is 1. The molecule has 0 unspecified atom stereocenters. The number of benzene rings is 2. The summed E-state index contributed by atoms with van der Waals surface area (Å²) in [5, 5.41) is 8.15. The Morgan fingerprint density at radius 1 is 1.12 bits per heavy atom. The number of imide groups is 1. The standard InChI is InChI=1S/C18H15Cl2N3O3/c1-18(11-6-8-12(26-2)9-7-11)16(24)23(17(25)22-18)21-10-13-14(19)4-3-5-15(13)20/h3-10H,1-2H3,(H,22,25)/b21-10-/t18-/m0/s1. The number of amides is 3. The van der Waals surface area contributed by atoms with Crippen LogP contribution in [0.5, 0.6) is 5.75 Å². The molecule has 0 spiro atoms. The molecule has 0 bridgehead atoms. The average molecular weight is 392 g/mol. The number of methoxy groups -OCH3 is 1. The summed E-state index contributed by atoms with van der Waals surface area (Å²) in [5.41, 5.74) is -0.190. The fraction of sp³-hybridized carbons (Fsp3) is 0.167. The van der Waals surface area contributed by atoms with Crippen molar-refractivity contribution in [1.82, 2.24) is 10.3 Å². The SMILES string of the molecule is COc1ccc([C@]2(C)NC(=O)N(/N=C\c3c(Cl)cccc3Cl)C2=O)cc1. The van der Waals surface area contributed by atoms with Crippen LogP contribution in [0.1, 0.15) is 18.1 Å². The quantitative estimate of drug-likeness (QED) is 0.636. The fourth-order valence-electron chi connectivity index (χ4n) is 2.60. The van der Waals surface area contributed by atoms with Crippen molar-refractivity contribution in [3.05, 3.63) is 63.6 Å². The number of carbonyl (C=O) groups is 2. The van der Waals surface area contributed by atoms with Crippen molar-refractivity contribution in [1.29, 1.82) is 0 Å². The van der Waals surface area contributed by atoms with E-state index in [-0.39, 0.29) is 0 Å². The van der Waals surface area contributed by atoms with Gasteiger partial charge in [-0.05, 0) is 36.8 Å². The molecule has 1 atom stereocenters. The predicted molar refractivity (Wildman–Crippen MR) is 99.8 cm³/mol. The van der Waals surface area contributed by atoms with E-state index < -0.39 is 17.5 Å². The van der Waals surface area contributed by atoms with Crippen LogP contribution in [0.15, 0.2) is 47.6 Å². The van der Waals surface area contributed by atoms with Gasteiger partial charge < -0.3 is 10.1 Å². The maximum Gasteiger partial charge on any atom is 0.346 e. The molecule has 2 aromatic rings. The Hall–Kier alpha value is -2.57. The first-order valence-corrected chi connectivity index (χ1v) is 8.41. The van der Waals surface area contributed by atoms with Gasteiger partial charge in [0.2, 0.25) is 0 Å². The van der Waals surface area contributed by atoms with Crippen LogP contribution < -0.4 is 10.1 Å². The molecule has 0 radical (unpaired) electrons. The Morgan fingerprint density at radius 3 is 2.31 bits per heavy atom. The molecule has 1 heterocycles. The monoisotopic (exact) mass is 391 g/mol. The number of carbonyl (C=O) groups excluding carboxylic acids is 2. The minimum Gasteiger partial charge on any atom is -0.497 e. The molecule has 3 amide bonds. The van der Waals surface area contributed by atoms with Gasteiger partial charge in [-0.2, -0.15) is 5.10 Å². The van der Waals surface area contributed by atoms with Crippen molar-refractivity contribution in [3.8, 4) is 5.75 Å². The van der Waals surface area contributed by atoms with Gasteiger partial charge in [0.1, 0.15) is 11.3 Å². The summed E-state index contributed by atoms with van der Waals surface area (Å²) in [6.07, 6.45) is 1.29. The average Bonchev–Trinajstić information content (AvgIpc) is 2.85. The van der Waals surface area contributed by atoms with Gasteiger partial charge in [-0.25, -0.2) is 4.79 Å². The third-order valence-electron chi connectivity index (χ3n) is 4.14. The highest BCUT2D eigenvalue weighted by molar-refractivity contribution is 6.38. The zero-order valence-electron chi connectivity index (χ0n) is 14.0. The summed E-state index contributed by atoms with van der Waals surface area (Å²) in [4.78, 5) is 25.1. The van der Waals surface area contributed by atoms with E-state index in [0.29, 0.717) is 26.9 Å². The summed E-state index contributed by atoms with van der Waals surface area (Å²) >= 11 is 12.2. The maximum atomic E-state index is 12.8. The third kappa shape index (κ3) is 3.13. The van der Waals surface area contributed by atoms with Crippen LogP contribution in [0.2, 0.25) is 10.0 Å². The summed E-state index contributed by atoms with van der Waals surface area (Å²) in [6.45, 7) is 1.62. The van der Waals surface area contributed by atoms with Gasteiger partial charge in [-0.1, -0.05) is 41.4 Å². The van der Waals surface area contributed by atoms with Crippen molar-refractivity contribution in [2.45, 2.75) is 12.5 Å². The Bertz CT molecular complexity index is 879. The summed E-state index contributed by atoms with van der Waals surface area (Å²) < 4.78 is 5.11. The summed E-state index contributed by atoms with van der Waals surface area (Å²) in [5.74, 6) is 0.143. The third-order valence-corrected chi connectivity index (χ3v) is 4.80. The Morgan fingerprint density at radius 2 is 1.73 bits per heavy atom. The van der Waals surface area contributed by atoms with E-state index in [2.05, 4.69) is 10.4 Å². The van der Waals surface area contributed by atoms with Crippen LogP contribution >= 0.6 is 23.2 Å². The zero-order valence-corrected chi connectivity index (χ0v) is 15.5. The van der Waals surface area contributed by atoms with Crippen molar-refractivity contribution < 1.29 is 14.3 Å². The number of rotatable bonds is 4. The molecule has 1 aliphatic rings. The van der Waals surface area contributed by atoms with E-state index in [1.807, 2.05) is 0 Å². The molecule has 1 aliphatic heterocycles. The molecular weight excluding hydrogens is 377 g/mol. The number of halogens is 2. The second kappa shape index (κ2) is 6.97. The molecule has 26 heavy (non-hydrogen) atoms. The lowest BCUT2D eigenvalue weighted by Crippen LogP contribution is -2.40. The number of hydrazone groups is 1. The van der Waals surface area contributed by atoms with E-state index in [4.69, 9.17) is 27.9 Å². The minimum absolute atomic E-state index is 0.367. The molecule has 0 aliphatic carbocycles. The highest BCUT2D eigenvalue weighted by Crippen LogP contribution is 2.30. The summed E-state index contributed by atoms with van der Waals surface area (Å²) in [7, 11) is 1.55. The van der Waals surface area contributed by atoms with Crippen LogP contribution in [0.4, 0.5) is 4.79 Å². The predicted octanol–water partition coefficient (Wildman–Crippen LogP) is 3.80. The largest absolute Gasteiger partial charge is 0.497 e. The van der Waals surface area contributed by atoms with Gasteiger partial charge in [0.15, 0.2) is 0 Å². The Labute approximate surface area is 160 Å². The normalized spacial score (nSPS) is 19.9. The van der Waals surface area contributed by atoms with Gasteiger partial charge in [0.05, 0.1) is 23.4 Å². The second-order valence-electron chi connectivity index (χ2n) is 5.78. The van der Waals surface area contributed by atoms with Crippen molar-refractivity contribution in [3.63, 3.8) is 0 Å². The summed E-state index contributed by atoms with van der Waals surface area (Å²) in [6, 6.07) is 11.2. The van der Waals surface area contributed by atoms with Crippen molar-refractivity contribution in [2.75, 3.05) is 7.11 Å². The smallest absolute Gasteiger partial charge is 0.346 e. The Kier molecular flexibility index (Phi) is 4.89. The highest BCUT2D eigenvalue weighted by atomic mass is 35.5. The molecule has 134 valence electrons. The van der Waals surface area contributed by atoms with E-state index in [1.165, 1.54) is 6.21 Å². The first-order valence-electron chi connectivity index (χ1n) is 7.66. The van der Waals surface area contributed by atoms with Crippen LogP contribution in [0.3, 0.4) is 0 Å². The minimum atomic E-state index is -1.23. The van der Waals surface area contributed by atoms with Crippen LogP contribution in [0.25, 0.3) is 0 Å². The first kappa shape index (κ1) is 18.2. The van der Waals surface area contributed by atoms with Crippen LogP contribution in [-0.4, -0.2) is 30.3 Å². The van der Waals surface area contributed by atoms with E-state index in [0.717, 1.165) is 5.01 Å². The number of ether oxygens (including phenoxy) is 1. The molecule has 1 saturated heterocycles. The molecule has 1 fully saturated rings. The van der Waals surface area contributed by atoms with Crippen LogP contribution in [0, 0.1) is 0 Å². The van der Waals surface area contributed by atoms with Gasteiger partial charge in [-0.15, -0.1) is 5.01 Å². The van der Waals surface area contributed by atoms with E-state index in [9.17, 15) is 9.59 Å². The molecule has 8 heteroatoms. The van der Waals surface area contributed by atoms with Gasteiger partial charge in [0, 0.05) is 5.56 Å². The maximum absolute atomic E-state index is 12.8. The molecule has 0 aromatic heterocycles. The second-order valence-corrected chi connectivity index (χ2v) is 6.59. The number of nitrogens with zero attached hydrogens (tertiary/aromatic N) is 2. The van der Waals surface area contributed by atoms with Gasteiger partial charge in [-0.3, -0.25) is 4.79 Å². The van der Waals surface area contributed by atoms with Crippen molar-refractivity contribution >= 4 is 41.4 Å². The van der Waals surface area contributed by atoms with E-state index in [1.54, 1.807) is 56.5 Å². The lowest BCUT2D eigenvalue weighted by atomic mass is 9.92. The Balaban J connectivity index is 1.90. The molecule has 0 saturated carbocycles. The van der Waals surface area contributed by atoms with Crippen LogP contribution in [-0.2, 0) is 10.3 Å². The number of urea groups is 1. The molecular formula is C18H15Cl2N3O3. The number of hydrogen-bond donors (Lipinski definition) is 1.